The largest absolute Gasteiger partial charge is 0.462 e. The Hall–Kier alpha value is -2.66. The Morgan fingerprint density at radius 3 is 1.37 bits per heavy atom. The molecule has 0 aromatic carbocycles. The van der Waals surface area contributed by atoms with Crippen molar-refractivity contribution in [3.63, 3.8) is 0 Å². The molecule has 5 heteroatoms. The van der Waals surface area contributed by atoms with Gasteiger partial charge in [-0.3, -0.25) is 9.59 Å². The van der Waals surface area contributed by atoms with Crippen LogP contribution >= 0.6 is 0 Å². The first-order valence-corrected chi connectivity index (χ1v) is 18.5. The lowest BCUT2D eigenvalue weighted by molar-refractivity contribution is -0.161. The van der Waals surface area contributed by atoms with E-state index in [0.29, 0.717) is 12.8 Å². The van der Waals surface area contributed by atoms with Crippen molar-refractivity contribution in [2.75, 3.05) is 13.2 Å². The predicted octanol–water partition coefficient (Wildman–Crippen LogP) is 11.4. The van der Waals surface area contributed by atoms with E-state index in [1.54, 1.807) is 0 Å². The number of rotatable bonds is 32. The molecular weight excluding hydrogens is 572 g/mol. The average Bonchev–Trinajstić information content (AvgIpc) is 3.06. The van der Waals surface area contributed by atoms with Crippen LogP contribution in [-0.4, -0.2) is 36.4 Å². The number of aliphatic hydroxyl groups is 1. The summed E-state index contributed by atoms with van der Waals surface area (Å²) >= 11 is 0. The summed E-state index contributed by atoms with van der Waals surface area (Å²) in [6.07, 6.45) is 48.2. The van der Waals surface area contributed by atoms with Gasteiger partial charge in [0.25, 0.3) is 0 Å². The van der Waals surface area contributed by atoms with Crippen molar-refractivity contribution in [2.24, 2.45) is 0 Å². The lowest BCUT2D eigenvalue weighted by atomic mass is 10.0. The van der Waals surface area contributed by atoms with E-state index < -0.39 is 12.1 Å². The maximum atomic E-state index is 12.1. The third-order valence-corrected chi connectivity index (χ3v) is 7.53. The number of carbonyl (C=O) groups is 2. The predicted molar refractivity (Wildman–Crippen MR) is 196 cm³/mol. The van der Waals surface area contributed by atoms with Crippen molar-refractivity contribution in [3.05, 3.63) is 72.9 Å². The van der Waals surface area contributed by atoms with Gasteiger partial charge in [0.1, 0.15) is 6.61 Å². The molecule has 0 spiro atoms. The highest BCUT2D eigenvalue weighted by molar-refractivity contribution is 5.70. The van der Waals surface area contributed by atoms with Crippen LogP contribution in [0, 0.1) is 0 Å². The fourth-order valence-corrected chi connectivity index (χ4v) is 4.75. The number of allylic oxidation sites excluding steroid dienone is 12. The molecule has 0 saturated carbocycles. The second-order valence-electron chi connectivity index (χ2n) is 11.9. The Morgan fingerprint density at radius 1 is 0.522 bits per heavy atom. The molecule has 0 heterocycles. The Bertz CT molecular complexity index is 864. The molecule has 0 aliphatic carbocycles. The quantitative estimate of drug-likeness (QED) is 0.0450. The van der Waals surface area contributed by atoms with Crippen molar-refractivity contribution in [2.45, 2.75) is 161 Å². The molecule has 0 aromatic heterocycles. The van der Waals surface area contributed by atoms with Gasteiger partial charge < -0.3 is 14.6 Å². The molecule has 46 heavy (non-hydrogen) atoms. The molecule has 0 fully saturated rings. The summed E-state index contributed by atoms with van der Waals surface area (Å²) in [5.74, 6) is -0.693. The Kier molecular flexibility index (Phi) is 34.7. The molecule has 5 nitrogen and oxygen atoms in total. The fourth-order valence-electron chi connectivity index (χ4n) is 4.75. The Morgan fingerprint density at radius 2 is 0.935 bits per heavy atom. The lowest BCUT2D eigenvalue weighted by Gasteiger charge is -2.15. The van der Waals surface area contributed by atoms with E-state index in [-0.39, 0.29) is 25.6 Å². The van der Waals surface area contributed by atoms with Crippen molar-refractivity contribution in [3.8, 4) is 0 Å². The number of esters is 2. The van der Waals surface area contributed by atoms with Crippen molar-refractivity contribution < 1.29 is 24.2 Å². The van der Waals surface area contributed by atoms with Crippen molar-refractivity contribution >= 4 is 11.9 Å². The molecule has 0 aliphatic heterocycles. The third-order valence-electron chi connectivity index (χ3n) is 7.53. The number of carbonyl (C=O) groups excluding carboxylic acids is 2. The molecule has 0 saturated heterocycles. The van der Waals surface area contributed by atoms with Gasteiger partial charge in [-0.05, 0) is 51.4 Å². The van der Waals surface area contributed by atoms with E-state index in [2.05, 4.69) is 74.6 Å². The number of hydrogen-bond acceptors (Lipinski definition) is 5. The Balaban J connectivity index is 3.73. The minimum atomic E-state index is -0.812. The summed E-state index contributed by atoms with van der Waals surface area (Å²) in [4.78, 5) is 24.2. The van der Waals surface area contributed by atoms with Gasteiger partial charge >= 0.3 is 11.9 Å². The van der Waals surface area contributed by atoms with Crippen LogP contribution in [0.3, 0.4) is 0 Å². The summed E-state index contributed by atoms with van der Waals surface area (Å²) < 4.78 is 10.5. The van der Waals surface area contributed by atoms with Gasteiger partial charge in [0.15, 0.2) is 6.10 Å². The summed E-state index contributed by atoms with van der Waals surface area (Å²) in [6.45, 7) is 3.94. The molecule has 1 N–H and O–H groups in total. The number of hydrogen-bond donors (Lipinski definition) is 1. The Labute approximate surface area is 283 Å². The first-order chi connectivity index (χ1) is 22.6. The molecule has 262 valence electrons. The zero-order valence-corrected chi connectivity index (χ0v) is 29.6. The van der Waals surface area contributed by atoms with Crippen LogP contribution in [0.5, 0.6) is 0 Å². The van der Waals surface area contributed by atoms with Crippen LogP contribution in [-0.2, 0) is 19.1 Å². The number of ether oxygens (including phenoxy) is 2. The topological polar surface area (TPSA) is 72.8 Å². The van der Waals surface area contributed by atoms with Gasteiger partial charge in [-0.25, -0.2) is 0 Å². The normalized spacial score (nSPS) is 13.0. The molecule has 0 radical (unpaired) electrons. The van der Waals surface area contributed by atoms with E-state index in [9.17, 15) is 14.7 Å². The van der Waals surface area contributed by atoms with E-state index in [4.69, 9.17) is 9.47 Å². The van der Waals surface area contributed by atoms with Crippen LogP contribution in [0.2, 0.25) is 0 Å². The summed E-state index contributed by atoms with van der Waals surface area (Å²) in [5, 5.41) is 9.52. The van der Waals surface area contributed by atoms with Gasteiger partial charge in [-0.15, -0.1) is 0 Å². The highest BCUT2D eigenvalue weighted by Gasteiger charge is 2.15. The minimum absolute atomic E-state index is 0.0978. The van der Waals surface area contributed by atoms with Crippen LogP contribution in [0.4, 0.5) is 0 Å². The molecule has 0 aliphatic rings. The first kappa shape index (κ1) is 43.3. The molecule has 0 amide bonds. The van der Waals surface area contributed by atoms with Crippen LogP contribution in [0.15, 0.2) is 72.9 Å². The monoisotopic (exact) mass is 641 g/mol. The van der Waals surface area contributed by atoms with E-state index in [0.717, 1.165) is 57.8 Å². The van der Waals surface area contributed by atoms with Crippen LogP contribution in [0.25, 0.3) is 0 Å². The molecule has 1 atom stereocenters. The van der Waals surface area contributed by atoms with Gasteiger partial charge in [0.05, 0.1) is 6.61 Å². The zero-order chi connectivity index (χ0) is 33.6. The smallest absolute Gasteiger partial charge is 0.306 e. The number of unbranched alkanes of at least 4 members (excludes halogenated alkanes) is 12. The van der Waals surface area contributed by atoms with Gasteiger partial charge in [0.2, 0.25) is 0 Å². The highest BCUT2D eigenvalue weighted by Crippen LogP contribution is 2.13. The van der Waals surface area contributed by atoms with Crippen molar-refractivity contribution in [1.82, 2.24) is 0 Å². The molecule has 0 aromatic rings. The standard InChI is InChI=1S/C41H68O5/c1-3-5-7-9-11-13-15-17-18-19-20-21-22-24-26-28-30-32-34-36-41(44)46-39(37-42)38-45-40(43)35-33-31-29-27-25-23-16-14-12-10-8-6-4-2/h5,7,11,13,17-18,20-21,24,26,30,32,39,42H,3-4,6,8-10,12,14-16,19,22-23,25,27-29,31,33-38H2,1-2H3. The average molecular weight is 641 g/mol. The molecule has 0 rings (SSSR count). The maximum Gasteiger partial charge on any atom is 0.306 e. The van der Waals surface area contributed by atoms with E-state index in [1.807, 2.05) is 12.2 Å². The lowest BCUT2D eigenvalue weighted by Crippen LogP contribution is -2.28. The zero-order valence-electron chi connectivity index (χ0n) is 29.6. The van der Waals surface area contributed by atoms with Gasteiger partial charge in [-0.1, -0.05) is 164 Å². The van der Waals surface area contributed by atoms with Gasteiger partial charge in [0, 0.05) is 12.8 Å². The van der Waals surface area contributed by atoms with Gasteiger partial charge in [-0.2, -0.15) is 0 Å². The SMILES string of the molecule is CCC=CCC=CCC=CCC=CCC=CCC=CCCC(=O)OC(CO)COC(=O)CCCCCCCCCCCCCCC. The third kappa shape index (κ3) is 34.2. The minimum Gasteiger partial charge on any atom is -0.462 e. The maximum absolute atomic E-state index is 12.1. The molecule has 0 bridgehead atoms. The summed E-state index contributed by atoms with van der Waals surface area (Å²) in [5.41, 5.74) is 0. The highest BCUT2D eigenvalue weighted by atomic mass is 16.6. The fraction of sp³-hybridized carbons (Fsp3) is 0.659. The summed E-state index contributed by atoms with van der Waals surface area (Å²) in [6, 6.07) is 0. The van der Waals surface area contributed by atoms with E-state index in [1.165, 1.54) is 64.2 Å². The first-order valence-electron chi connectivity index (χ1n) is 18.5. The second kappa shape index (κ2) is 36.8. The van der Waals surface area contributed by atoms with E-state index >= 15 is 0 Å². The molecule has 1 unspecified atom stereocenters. The summed E-state index contributed by atoms with van der Waals surface area (Å²) in [7, 11) is 0. The number of aliphatic hydroxyl groups excluding tert-OH is 1. The second-order valence-corrected chi connectivity index (χ2v) is 11.9. The van der Waals surface area contributed by atoms with Crippen LogP contribution in [0.1, 0.15) is 155 Å². The van der Waals surface area contributed by atoms with Crippen LogP contribution < -0.4 is 0 Å². The molecular formula is C41H68O5. The van der Waals surface area contributed by atoms with Crippen molar-refractivity contribution in [1.29, 1.82) is 0 Å².